The third-order valence-electron chi connectivity index (χ3n) is 6.57. The lowest BCUT2D eigenvalue weighted by atomic mass is 9.97. The highest BCUT2D eigenvalue weighted by atomic mass is 35.5. The summed E-state index contributed by atoms with van der Waals surface area (Å²) >= 11 is 15.0. The average molecular weight is 515 g/mol. The molecule has 34 heavy (non-hydrogen) atoms. The van der Waals surface area contributed by atoms with Crippen LogP contribution in [0.5, 0.6) is 5.75 Å². The smallest absolute Gasteiger partial charge is 0.141 e. The van der Waals surface area contributed by atoms with Crippen molar-refractivity contribution in [3.63, 3.8) is 0 Å². The van der Waals surface area contributed by atoms with Gasteiger partial charge in [-0.2, -0.15) is 0 Å². The highest BCUT2D eigenvalue weighted by molar-refractivity contribution is 7.26. The molecule has 5 nitrogen and oxygen atoms in total. The molecule has 0 unspecified atom stereocenters. The highest BCUT2D eigenvalue weighted by Crippen LogP contribution is 2.48. The molecule has 3 aromatic carbocycles. The summed E-state index contributed by atoms with van der Waals surface area (Å²) in [6, 6.07) is 8.67. The molecule has 9 heteroatoms. The quantitative estimate of drug-likeness (QED) is 0.210. The Morgan fingerprint density at radius 2 is 1.76 bits per heavy atom. The van der Waals surface area contributed by atoms with Gasteiger partial charge in [0.05, 0.1) is 10.4 Å². The molecule has 1 fully saturated rings. The predicted molar refractivity (Wildman–Crippen MR) is 139 cm³/mol. The zero-order chi connectivity index (χ0) is 23.4. The first-order chi connectivity index (χ1) is 16.5. The third-order valence-corrected chi connectivity index (χ3v) is 8.37. The Bertz CT molecular complexity index is 1570. The van der Waals surface area contributed by atoms with Crippen molar-refractivity contribution in [2.75, 3.05) is 46.4 Å². The normalized spacial score (nSPS) is 15.8. The van der Waals surface area contributed by atoms with Gasteiger partial charge in [0.25, 0.3) is 0 Å². The lowest BCUT2D eigenvalue weighted by Gasteiger charge is -2.32. The van der Waals surface area contributed by atoms with E-state index in [-0.39, 0.29) is 5.82 Å². The van der Waals surface area contributed by atoms with Crippen molar-refractivity contribution in [1.82, 2.24) is 19.8 Å². The Kier molecular flexibility index (Phi) is 5.70. The molecule has 6 rings (SSSR count). The minimum atomic E-state index is -0.315. The maximum atomic E-state index is 14.4. The van der Waals surface area contributed by atoms with Crippen molar-refractivity contribution in [2.24, 2.45) is 0 Å². The van der Waals surface area contributed by atoms with Crippen LogP contribution in [-0.2, 0) is 0 Å². The van der Waals surface area contributed by atoms with Crippen LogP contribution in [-0.4, -0.2) is 66.1 Å². The number of fused-ring (bicyclic) bond motifs is 8. The number of rotatable bonds is 4. The molecule has 3 heterocycles. The fourth-order valence-electron chi connectivity index (χ4n) is 4.76. The zero-order valence-corrected chi connectivity index (χ0v) is 20.8. The van der Waals surface area contributed by atoms with Crippen molar-refractivity contribution < 1.29 is 9.13 Å². The van der Waals surface area contributed by atoms with E-state index in [4.69, 9.17) is 27.9 Å². The minimum absolute atomic E-state index is 0.315. The first-order valence-corrected chi connectivity index (χ1v) is 12.7. The molecule has 0 radical (unpaired) electrons. The fourth-order valence-corrected chi connectivity index (χ4v) is 6.56. The molecule has 0 N–H and O–H groups in total. The number of nitrogens with zero attached hydrogens (tertiary/aromatic N) is 4. The second kappa shape index (κ2) is 8.73. The minimum Gasteiger partial charge on any atom is -0.491 e. The van der Waals surface area contributed by atoms with E-state index in [9.17, 15) is 4.39 Å². The van der Waals surface area contributed by atoms with Crippen molar-refractivity contribution in [1.29, 1.82) is 0 Å². The summed E-state index contributed by atoms with van der Waals surface area (Å²) in [4.78, 5) is 14.1. The van der Waals surface area contributed by atoms with Crippen LogP contribution >= 0.6 is 34.5 Å². The average Bonchev–Trinajstić information content (AvgIpc) is 3.22. The van der Waals surface area contributed by atoms with Crippen LogP contribution < -0.4 is 4.74 Å². The molecular formula is C25H21Cl2FN4OS. The van der Waals surface area contributed by atoms with Gasteiger partial charge in [-0.1, -0.05) is 29.3 Å². The van der Waals surface area contributed by atoms with E-state index in [1.54, 1.807) is 6.07 Å². The molecule has 0 aliphatic carbocycles. The van der Waals surface area contributed by atoms with Gasteiger partial charge in [0.1, 0.15) is 34.5 Å². The van der Waals surface area contributed by atoms with Crippen LogP contribution in [0.15, 0.2) is 36.7 Å². The van der Waals surface area contributed by atoms with E-state index in [2.05, 4.69) is 26.8 Å². The van der Waals surface area contributed by atoms with Crippen LogP contribution in [0.2, 0.25) is 10.2 Å². The van der Waals surface area contributed by atoms with Crippen molar-refractivity contribution in [2.45, 2.75) is 0 Å². The van der Waals surface area contributed by atoms with Crippen molar-refractivity contribution in [3.05, 3.63) is 52.7 Å². The summed E-state index contributed by atoms with van der Waals surface area (Å²) in [5.74, 6) is 0.277. The van der Waals surface area contributed by atoms with Gasteiger partial charge in [0.15, 0.2) is 0 Å². The van der Waals surface area contributed by atoms with Gasteiger partial charge < -0.3 is 9.64 Å². The van der Waals surface area contributed by atoms with Gasteiger partial charge in [-0.15, -0.1) is 11.3 Å². The van der Waals surface area contributed by atoms with E-state index in [1.165, 1.54) is 29.8 Å². The molecule has 0 spiro atoms. The van der Waals surface area contributed by atoms with Crippen LogP contribution in [0.3, 0.4) is 0 Å². The number of hydrogen-bond donors (Lipinski definition) is 0. The van der Waals surface area contributed by atoms with Gasteiger partial charge in [-0.3, -0.25) is 4.90 Å². The van der Waals surface area contributed by atoms with E-state index in [0.717, 1.165) is 74.6 Å². The molecule has 1 aliphatic heterocycles. The summed E-state index contributed by atoms with van der Waals surface area (Å²) < 4.78 is 21.5. The summed E-state index contributed by atoms with van der Waals surface area (Å²) in [5.41, 5.74) is 0. The number of halogens is 3. The third kappa shape index (κ3) is 3.67. The number of aromatic nitrogens is 2. The number of thiophene rings is 1. The Morgan fingerprint density at radius 1 is 0.971 bits per heavy atom. The van der Waals surface area contributed by atoms with Crippen LogP contribution in [0.25, 0.3) is 41.8 Å². The van der Waals surface area contributed by atoms with Crippen LogP contribution in [0.1, 0.15) is 0 Å². The maximum Gasteiger partial charge on any atom is 0.141 e. The lowest BCUT2D eigenvalue weighted by Crippen LogP contribution is -2.45. The number of benzene rings is 3. The Labute approximate surface area is 209 Å². The molecule has 174 valence electrons. The Hall–Kier alpha value is -2.29. The van der Waals surface area contributed by atoms with E-state index < -0.39 is 0 Å². The van der Waals surface area contributed by atoms with Crippen LogP contribution in [0, 0.1) is 5.82 Å². The van der Waals surface area contributed by atoms with Gasteiger partial charge in [-0.25, -0.2) is 14.4 Å². The molecule has 0 saturated carbocycles. The van der Waals surface area contributed by atoms with Crippen LogP contribution in [0.4, 0.5) is 4.39 Å². The summed E-state index contributed by atoms with van der Waals surface area (Å²) in [7, 11) is 2.14. The SMILES string of the molecule is CN1CCN(CCOc2ccc3c(c2Cl)c2cc(F)ccc2c2sc4ncnc(Cl)c4c32)CC1. The van der Waals surface area contributed by atoms with Crippen molar-refractivity contribution >= 4 is 76.4 Å². The van der Waals surface area contributed by atoms with Crippen molar-refractivity contribution in [3.8, 4) is 5.75 Å². The van der Waals surface area contributed by atoms with Gasteiger partial charge in [0, 0.05) is 53.6 Å². The largest absolute Gasteiger partial charge is 0.491 e. The molecule has 0 bridgehead atoms. The fraction of sp³-hybridized carbons (Fsp3) is 0.280. The summed E-state index contributed by atoms with van der Waals surface area (Å²) in [6.45, 7) is 5.54. The van der Waals surface area contributed by atoms with Gasteiger partial charge >= 0.3 is 0 Å². The lowest BCUT2D eigenvalue weighted by molar-refractivity contribution is 0.134. The van der Waals surface area contributed by atoms with E-state index >= 15 is 0 Å². The summed E-state index contributed by atoms with van der Waals surface area (Å²) in [5, 5.41) is 5.87. The number of hydrogen-bond acceptors (Lipinski definition) is 6. The number of ether oxygens (including phenoxy) is 1. The monoisotopic (exact) mass is 514 g/mol. The summed E-state index contributed by atoms with van der Waals surface area (Å²) in [6.07, 6.45) is 1.46. The molecule has 2 aromatic heterocycles. The molecule has 1 aliphatic rings. The van der Waals surface area contributed by atoms with E-state index in [0.29, 0.717) is 22.5 Å². The molecule has 1 saturated heterocycles. The Morgan fingerprint density at radius 3 is 2.59 bits per heavy atom. The second-order valence-electron chi connectivity index (χ2n) is 8.63. The Balaban J connectivity index is 1.49. The molecule has 0 amide bonds. The number of likely N-dealkylation sites (N-methyl/N-ethyl adjacent to an activating group) is 1. The maximum absolute atomic E-state index is 14.4. The zero-order valence-electron chi connectivity index (χ0n) is 18.4. The number of piperazine rings is 1. The second-order valence-corrected chi connectivity index (χ2v) is 10.4. The topological polar surface area (TPSA) is 41.5 Å². The highest BCUT2D eigenvalue weighted by Gasteiger charge is 2.21. The molecular weight excluding hydrogens is 494 g/mol. The first kappa shape index (κ1) is 22.2. The van der Waals surface area contributed by atoms with Gasteiger partial charge in [-0.05, 0) is 42.1 Å². The van der Waals surface area contributed by atoms with Gasteiger partial charge in [0.2, 0.25) is 0 Å². The predicted octanol–water partition coefficient (Wildman–Crippen LogP) is 6.22. The molecule has 5 aromatic rings. The first-order valence-electron chi connectivity index (χ1n) is 11.1. The molecule has 0 atom stereocenters. The van der Waals surface area contributed by atoms with E-state index in [1.807, 2.05) is 12.1 Å². The standard InChI is InChI=1S/C25H21Cl2FN4OS/c1-31-6-8-32(9-7-31)10-11-33-18-5-4-16-19(22(18)26)17-12-14(28)2-3-15(17)23-20(16)21-24(27)29-13-30-25(21)34-23/h2-5,12-13H,6-11H2,1H3.